The second-order valence-electron chi connectivity index (χ2n) is 5.55. The maximum absolute atomic E-state index is 12.1. The molecule has 1 aromatic rings. The first kappa shape index (κ1) is 16.8. The molecule has 4 N–H and O–H groups in total. The van der Waals surface area contributed by atoms with Crippen LogP contribution in [-0.4, -0.2) is 36.9 Å². The zero-order chi connectivity index (χ0) is 16.3. The van der Waals surface area contributed by atoms with E-state index in [-0.39, 0.29) is 11.4 Å². The van der Waals surface area contributed by atoms with E-state index in [0.29, 0.717) is 11.9 Å². The van der Waals surface area contributed by atoms with Crippen LogP contribution in [0.3, 0.4) is 0 Å². The van der Waals surface area contributed by atoms with Crippen LogP contribution in [0.2, 0.25) is 0 Å². The lowest BCUT2D eigenvalue weighted by molar-refractivity contribution is -0.613. The number of aromatic nitrogens is 2. The molecule has 0 unspecified atom stereocenters. The molecule has 1 heterocycles. The second kappa shape index (κ2) is 6.67. The normalized spacial score (nSPS) is 17.5. The third kappa shape index (κ3) is 4.21. The first-order valence-electron chi connectivity index (χ1n) is 7.18. The van der Waals surface area contributed by atoms with E-state index < -0.39 is 21.8 Å². The topological polar surface area (TPSA) is 130 Å². The summed E-state index contributed by atoms with van der Waals surface area (Å²) < 4.78 is 27.2. The Balaban J connectivity index is 2.34. The Hall–Kier alpha value is -1.58. The minimum absolute atomic E-state index is 0.144. The van der Waals surface area contributed by atoms with Gasteiger partial charge in [-0.3, -0.25) is 14.3 Å². The Morgan fingerprint density at radius 2 is 2.09 bits per heavy atom. The van der Waals surface area contributed by atoms with Crippen molar-refractivity contribution in [2.75, 3.05) is 6.26 Å². The van der Waals surface area contributed by atoms with Crippen LogP contribution in [-0.2, 0) is 14.3 Å². The maximum Gasteiger partial charge on any atom is 0.266 e. The van der Waals surface area contributed by atoms with Gasteiger partial charge in [-0.15, -0.1) is 0 Å². The van der Waals surface area contributed by atoms with Crippen molar-refractivity contribution in [1.82, 2.24) is 9.97 Å². The number of nitrogens with two attached hydrogens (primary N) is 1. The predicted octanol–water partition coefficient (Wildman–Crippen LogP) is -0.0577. The molecule has 1 aliphatic carbocycles. The molecular weight excluding hydrogens is 308 g/mol. The number of nitrogens with one attached hydrogen (secondary N) is 2. The molecule has 1 aromatic heterocycles. The number of nitrogens with zero attached hydrogens (tertiary/aromatic N) is 1. The summed E-state index contributed by atoms with van der Waals surface area (Å²) in [5.74, 6) is 0.565. The molecule has 8 nitrogen and oxygen atoms in total. The minimum atomic E-state index is -3.65. The highest BCUT2D eigenvalue weighted by molar-refractivity contribution is 7.86. The molecule has 0 amide bonds. The molecule has 0 aromatic carbocycles. The summed E-state index contributed by atoms with van der Waals surface area (Å²) in [7, 11) is -3.65. The first-order valence-corrected chi connectivity index (χ1v) is 8.99. The summed E-state index contributed by atoms with van der Waals surface area (Å²) in [6, 6.07) is 0.340. The van der Waals surface area contributed by atoms with Gasteiger partial charge in [0.15, 0.2) is 0 Å². The lowest BCUT2D eigenvalue weighted by atomic mass is 10.2. The molecule has 2 rings (SSSR count). The van der Waals surface area contributed by atoms with Gasteiger partial charge in [0.1, 0.15) is 17.5 Å². The van der Waals surface area contributed by atoms with E-state index >= 15 is 0 Å². The lowest BCUT2D eigenvalue weighted by Crippen LogP contribution is -2.85. The fourth-order valence-corrected chi connectivity index (χ4v) is 3.25. The van der Waals surface area contributed by atoms with Gasteiger partial charge < -0.3 is 10.4 Å². The largest absolute Gasteiger partial charge is 0.308 e. The average molecular weight is 329 g/mol. The number of aromatic amines is 1. The fraction of sp³-hybridized carbons (Fsp3) is 0.615. The lowest BCUT2D eigenvalue weighted by Gasteiger charge is -2.13. The van der Waals surface area contributed by atoms with Crippen molar-refractivity contribution in [2.45, 2.75) is 44.8 Å². The summed E-state index contributed by atoms with van der Waals surface area (Å²) in [6.45, 7) is 1.50. The van der Waals surface area contributed by atoms with Gasteiger partial charge in [0.05, 0.1) is 12.3 Å². The Morgan fingerprint density at radius 3 is 2.64 bits per heavy atom. The SMILES string of the molecule is C[C@H](OS(C)(=O)=O)c1nc([NH2+]C2CCCC2)c(C=N)c(=O)[nH]1. The summed E-state index contributed by atoms with van der Waals surface area (Å²) in [5, 5.41) is 9.29. The molecule has 22 heavy (non-hydrogen) atoms. The first-order chi connectivity index (χ1) is 10.3. The number of hydrogen-bond acceptors (Lipinski definition) is 6. The van der Waals surface area contributed by atoms with Gasteiger partial charge in [-0.05, 0) is 32.6 Å². The zero-order valence-corrected chi connectivity index (χ0v) is 13.4. The summed E-state index contributed by atoms with van der Waals surface area (Å²) in [4.78, 5) is 18.9. The monoisotopic (exact) mass is 329 g/mol. The fourth-order valence-electron chi connectivity index (χ4n) is 2.63. The standard InChI is InChI=1S/C13H20N4O4S/c1-8(21-22(2,19)20)11-16-12(10(7-14)13(18)17-11)15-9-5-3-4-6-9/h7-9,14H,3-6H2,1-2H3,(H2,15,16,17,18)/p+1/t8-/m0/s1. The highest BCUT2D eigenvalue weighted by Gasteiger charge is 2.24. The smallest absolute Gasteiger partial charge is 0.266 e. The molecule has 1 atom stereocenters. The van der Waals surface area contributed by atoms with Gasteiger partial charge in [-0.1, -0.05) is 0 Å². The van der Waals surface area contributed by atoms with Crippen molar-refractivity contribution in [3.05, 3.63) is 21.7 Å². The van der Waals surface area contributed by atoms with E-state index in [1.54, 1.807) is 0 Å². The van der Waals surface area contributed by atoms with E-state index in [4.69, 9.17) is 9.59 Å². The Kier molecular flexibility index (Phi) is 5.09. The van der Waals surface area contributed by atoms with Gasteiger partial charge >= 0.3 is 0 Å². The highest BCUT2D eigenvalue weighted by Crippen LogP contribution is 2.17. The van der Waals surface area contributed by atoms with E-state index in [1.165, 1.54) is 6.92 Å². The average Bonchev–Trinajstić information content (AvgIpc) is 2.89. The van der Waals surface area contributed by atoms with Gasteiger partial charge in [0.25, 0.3) is 15.7 Å². The molecule has 1 fully saturated rings. The van der Waals surface area contributed by atoms with Crippen LogP contribution in [0.4, 0.5) is 5.82 Å². The Labute approximate surface area is 128 Å². The molecule has 0 aliphatic heterocycles. The van der Waals surface area contributed by atoms with E-state index in [9.17, 15) is 13.2 Å². The van der Waals surface area contributed by atoms with Crippen LogP contribution in [0.1, 0.15) is 50.1 Å². The van der Waals surface area contributed by atoms with Gasteiger partial charge in [-0.2, -0.15) is 13.4 Å². The van der Waals surface area contributed by atoms with Crippen LogP contribution in [0.25, 0.3) is 0 Å². The minimum Gasteiger partial charge on any atom is -0.308 e. The van der Waals surface area contributed by atoms with Crippen LogP contribution in [0.15, 0.2) is 4.79 Å². The third-order valence-electron chi connectivity index (χ3n) is 3.65. The van der Waals surface area contributed by atoms with Crippen molar-refractivity contribution in [2.24, 2.45) is 0 Å². The van der Waals surface area contributed by atoms with Crippen LogP contribution in [0.5, 0.6) is 0 Å². The van der Waals surface area contributed by atoms with Crippen molar-refractivity contribution in [3.8, 4) is 0 Å². The van der Waals surface area contributed by atoms with Crippen LogP contribution in [0, 0.1) is 5.41 Å². The molecule has 122 valence electrons. The molecule has 0 radical (unpaired) electrons. The van der Waals surface area contributed by atoms with Gasteiger partial charge in [0.2, 0.25) is 5.82 Å². The number of quaternary nitrogens is 1. The molecule has 0 bridgehead atoms. The van der Waals surface area contributed by atoms with E-state index in [0.717, 1.165) is 38.2 Å². The van der Waals surface area contributed by atoms with Crippen molar-refractivity contribution < 1.29 is 17.9 Å². The highest BCUT2D eigenvalue weighted by atomic mass is 32.2. The van der Waals surface area contributed by atoms with E-state index in [1.807, 2.05) is 5.32 Å². The Morgan fingerprint density at radius 1 is 1.45 bits per heavy atom. The molecule has 1 aliphatic rings. The van der Waals surface area contributed by atoms with Crippen molar-refractivity contribution in [1.29, 1.82) is 5.41 Å². The molecular formula is C13H21N4O4S+. The molecule has 0 saturated heterocycles. The number of rotatable bonds is 6. The van der Waals surface area contributed by atoms with Crippen molar-refractivity contribution >= 4 is 22.2 Å². The summed E-state index contributed by atoms with van der Waals surface area (Å²) >= 11 is 0. The van der Waals surface area contributed by atoms with Crippen LogP contribution >= 0.6 is 0 Å². The molecule has 9 heteroatoms. The Bertz CT molecular complexity index is 707. The number of H-pyrrole nitrogens is 1. The zero-order valence-electron chi connectivity index (χ0n) is 12.6. The molecule has 1 saturated carbocycles. The third-order valence-corrected chi connectivity index (χ3v) is 4.28. The summed E-state index contributed by atoms with van der Waals surface area (Å²) in [5.41, 5.74) is -0.282. The number of hydrogen-bond donors (Lipinski definition) is 3. The van der Waals surface area contributed by atoms with Gasteiger partial charge in [0, 0.05) is 6.21 Å². The predicted molar refractivity (Wildman–Crippen MR) is 80.9 cm³/mol. The quantitative estimate of drug-likeness (QED) is 0.497. The molecule has 0 spiro atoms. The second-order valence-corrected chi connectivity index (χ2v) is 7.15. The van der Waals surface area contributed by atoms with Gasteiger partial charge in [-0.25, -0.2) is 0 Å². The van der Waals surface area contributed by atoms with Crippen LogP contribution < -0.4 is 10.9 Å². The van der Waals surface area contributed by atoms with E-state index in [2.05, 4.69) is 9.97 Å². The van der Waals surface area contributed by atoms with Crippen molar-refractivity contribution in [3.63, 3.8) is 0 Å². The maximum atomic E-state index is 12.1. The summed E-state index contributed by atoms with van der Waals surface area (Å²) in [6.07, 6.45) is 5.39.